The molecule has 2 aromatic rings. The van der Waals surface area contributed by atoms with Crippen LogP contribution in [0.5, 0.6) is 0 Å². The van der Waals surface area contributed by atoms with Gasteiger partial charge in [-0.25, -0.2) is 0 Å². The Labute approximate surface area is 125 Å². The van der Waals surface area contributed by atoms with E-state index in [9.17, 15) is 18.0 Å². The maximum Gasteiger partial charge on any atom is 0.437 e. The van der Waals surface area contributed by atoms with Gasteiger partial charge in [-0.15, -0.1) is 0 Å². The van der Waals surface area contributed by atoms with Gasteiger partial charge >= 0.3 is 6.18 Å². The van der Waals surface area contributed by atoms with E-state index in [0.717, 1.165) is 0 Å². The van der Waals surface area contributed by atoms with Crippen molar-refractivity contribution in [1.29, 1.82) is 0 Å². The maximum absolute atomic E-state index is 12.8. The van der Waals surface area contributed by atoms with E-state index in [1.165, 1.54) is 18.7 Å². The summed E-state index contributed by atoms with van der Waals surface area (Å²) < 4.78 is 40.2. The highest BCUT2D eigenvalue weighted by Crippen LogP contribution is 2.35. The van der Waals surface area contributed by atoms with Crippen LogP contribution >= 0.6 is 15.9 Å². The van der Waals surface area contributed by atoms with E-state index in [2.05, 4.69) is 36.5 Å². The number of alkyl halides is 3. The fraction of sp³-hybridized carbons (Fsp3) is 0.364. The number of hydrogen-bond acceptors (Lipinski definition) is 3. The highest BCUT2D eigenvalue weighted by atomic mass is 79.9. The van der Waals surface area contributed by atoms with Crippen molar-refractivity contribution in [2.24, 2.45) is 7.05 Å². The average Bonchev–Trinajstić information content (AvgIpc) is 2.81. The van der Waals surface area contributed by atoms with Gasteiger partial charge in [0.2, 0.25) is 0 Å². The second kappa shape index (κ2) is 5.17. The molecule has 2 rings (SSSR count). The summed E-state index contributed by atoms with van der Waals surface area (Å²) in [5.74, 6) is -0.708. The van der Waals surface area contributed by atoms with Crippen molar-refractivity contribution in [1.82, 2.24) is 20.0 Å². The lowest BCUT2D eigenvalue weighted by Gasteiger charge is -2.09. The number of aromatic amines is 1. The molecular weight excluding hydrogens is 355 g/mol. The molecule has 0 spiro atoms. The number of aryl methyl sites for hydroxylation is 3. The summed E-state index contributed by atoms with van der Waals surface area (Å²) in [7, 11) is 1.53. The third-order valence-electron chi connectivity index (χ3n) is 2.82. The van der Waals surface area contributed by atoms with E-state index in [-0.39, 0.29) is 11.4 Å². The Kier molecular flexibility index (Phi) is 3.83. The van der Waals surface area contributed by atoms with Crippen molar-refractivity contribution in [2.45, 2.75) is 20.0 Å². The molecule has 0 aliphatic heterocycles. The Bertz CT molecular complexity index is 704. The number of halogens is 4. The molecular formula is C11H11BrF3N5O. The fourth-order valence-corrected chi connectivity index (χ4v) is 2.35. The number of nitrogens with one attached hydrogen (secondary N) is 2. The number of hydrogen-bond donors (Lipinski definition) is 2. The summed E-state index contributed by atoms with van der Waals surface area (Å²) in [4.78, 5) is 12.2. The molecule has 0 unspecified atom stereocenters. The van der Waals surface area contributed by atoms with Crippen molar-refractivity contribution < 1.29 is 18.0 Å². The minimum Gasteiger partial charge on any atom is -0.317 e. The molecule has 2 heterocycles. The first-order chi connectivity index (χ1) is 9.62. The van der Waals surface area contributed by atoms with E-state index in [1.54, 1.807) is 6.92 Å². The fourth-order valence-electron chi connectivity index (χ4n) is 1.84. The first-order valence-corrected chi connectivity index (χ1v) is 6.54. The quantitative estimate of drug-likeness (QED) is 0.858. The van der Waals surface area contributed by atoms with Crippen LogP contribution in [0.4, 0.5) is 18.9 Å². The molecule has 0 aliphatic carbocycles. The zero-order valence-corrected chi connectivity index (χ0v) is 12.8. The number of rotatable bonds is 2. The van der Waals surface area contributed by atoms with Gasteiger partial charge in [0.15, 0.2) is 5.69 Å². The lowest BCUT2D eigenvalue weighted by atomic mass is 10.2. The third-order valence-corrected chi connectivity index (χ3v) is 3.77. The zero-order chi connectivity index (χ0) is 15.9. The molecule has 0 aromatic carbocycles. The van der Waals surface area contributed by atoms with Crippen molar-refractivity contribution in [3.63, 3.8) is 0 Å². The summed E-state index contributed by atoms with van der Waals surface area (Å²) in [5, 5.41) is 11.7. The number of anilines is 1. The summed E-state index contributed by atoms with van der Waals surface area (Å²) >= 11 is 3.19. The molecule has 1 amide bonds. The smallest absolute Gasteiger partial charge is 0.317 e. The van der Waals surface area contributed by atoms with E-state index < -0.39 is 23.5 Å². The van der Waals surface area contributed by atoms with Crippen molar-refractivity contribution in [2.75, 3.05) is 5.32 Å². The lowest BCUT2D eigenvalue weighted by Crippen LogP contribution is -2.19. The Morgan fingerprint density at radius 3 is 2.48 bits per heavy atom. The van der Waals surface area contributed by atoms with E-state index in [0.29, 0.717) is 10.2 Å². The Morgan fingerprint density at radius 2 is 2.00 bits per heavy atom. The summed E-state index contributed by atoms with van der Waals surface area (Å²) in [5.41, 5.74) is -0.754. The van der Waals surface area contributed by atoms with Gasteiger partial charge in [0.25, 0.3) is 5.91 Å². The highest BCUT2D eigenvalue weighted by Gasteiger charge is 2.38. The minimum atomic E-state index is -4.66. The number of aromatic nitrogens is 4. The third kappa shape index (κ3) is 2.80. The summed E-state index contributed by atoms with van der Waals surface area (Å²) in [6.07, 6.45) is -4.66. The van der Waals surface area contributed by atoms with Gasteiger partial charge < -0.3 is 5.32 Å². The average molecular weight is 366 g/mol. The highest BCUT2D eigenvalue weighted by molar-refractivity contribution is 9.10. The van der Waals surface area contributed by atoms with Crippen LogP contribution < -0.4 is 5.32 Å². The topological polar surface area (TPSA) is 75.6 Å². The molecule has 0 aliphatic rings. The Hall–Kier alpha value is -1.84. The Morgan fingerprint density at radius 1 is 1.38 bits per heavy atom. The van der Waals surface area contributed by atoms with Crippen LogP contribution in [0.15, 0.2) is 4.47 Å². The zero-order valence-electron chi connectivity index (χ0n) is 11.3. The maximum atomic E-state index is 12.8. The van der Waals surface area contributed by atoms with Crippen molar-refractivity contribution in [3.8, 4) is 0 Å². The lowest BCUT2D eigenvalue weighted by molar-refractivity contribution is -0.140. The van der Waals surface area contributed by atoms with Gasteiger partial charge in [-0.1, -0.05) is 0 Å². The molecule has 10 heteroatoms. The second-order valence-corrected chi connectivity index (χ2v) is 5.19. The Balaban J connectivity index is 2.39. The van der Waals surface area contributed by atoms with E-state index >= 15 is 0 Å². The molecule has 0 fully saturated rings. The predicted octanol–water partition coefficient (Wildman–Crippen LogP) is 2.79. The van der Waals surface area contributed by atoms with Crippen LogP contribution in [0.25, 0.3) is 0 Å². The van der Waals surface area contributed by atoms with Crippen LogP contribution in [0.2, 0.25) is 0 Å². The van der Waals surface area contributed by atoms with Crippen LogP contribution in [-0.2, 0) is 13.2 Å². The van der Waals surface area contributed by atoms with Gasteiger partial charge in [-0.2, -0.15) is 23.4 Å². The van der Waals surface area contributed by atoms with Gasteiger partial charge in [0.1, 0.15) is 5.69 Å². The van der Waals surface area contributed by atoms with Gasteiger partial charge in [-0.05, 0) is 29.8 Å². The summed E-state index contributed by atoms with van der Waals surface area (Å²) in [6, 6.07) is 0. The molecule has 0 saturated heterocycles. The molecule has 2 N–H and O–H groups in total. The van der Waals surface area contributed by atoms with Crippen LogP contribution in [0.3, 0.4) is 0 Å². The van der Waals surface area contributed by atoms with Gasteiger partial charge in [0.05, 0.1) is 21.5 Å². The first kappa shape index (κ1) is 15.5. The standard InChI is InChI=1S/C11H11BrF3N5O/c1-4-6(12)8(20(3)19-4)10(21)16-7-5(2)17-18-9(7)11(13,14)15/h1-3H3,(H,16,21)(H,17,18). The van der Waals surface area contributed by atoms with E-state index in [4.69, 9.17) is 0 Å². The van der Waals surface area contributed by atoms with Crippen LogP contribution in [0, 0.1) is 13.8 Å². The molecule has 0 radical (unpaired) electrons. The predicted molar refractivity (Wildman–Crippen MR) is 71.9 cm³/mol. The number of H-pyrrole nitrogens is 1. The van der Waals surface area contributed by atoms with Gasteiger partial charge in [-0.3, -0.25) is 14.6 Å². The molecule has 0 bridgehead atoms. The number of amides is 1. The second-order valence-electron chi connectivity index (χ2n) is 4.40. The van der Waals surface area contributed by atoms with Crippen molar-refractivity contribution in [3.05, 3.63) is 27.2 Å². The number of carbonyl (C=O) groups excluding carboxylic acids is 1. The van der Waals surface area contributed by atoms with Crippen molar-refractivity contribution >= 4 is 27.5 Å². The van der Waals surface area contributed by atoms with E-state index in [1.807, 2.05) is 0 Å². The monoisotopic (exact) mass is 365 g/mol. The minimum absolute atomic E-state index is 0.116. The molecule has 0 saturated carbocycles. The number of carbonyl (C=O) groups is 1. The molecule has 114 valence electrons. The number of nitrogens with zero attached hydrogens (tertiary/aromatic N) is 3. The van der Waals surface area contributed by atoms with Crippen LogP contribution in [-0.4, -0.2) is 25.9 Å². The molecule has 2 aromatic heterocycles. The molecule has 6 nitrogen and oxygen atoms in total. The summed E-state index contributed by atoms with van der Waals surface area (Å²) in [6.45, 7) is 3.06. The largest absolute Gasteiger partial charge is 0.437 e. The SMILES string of the molecule is Cc1nn(C)c(C(=O)Nc2c(C(F)(F)F)n[nH]c2C)c1Br. The molecule has 21 heavy (non-hydrogen) atoms. The first-order valence-electron chi connectivity index (χ1n) is 5.75. The van der Waals surface area contributed by atoms with Crippen LogP contribution in [0.1, 0.15) is 27.6 Å². The molecule has 0 atom stereocenters. The van der Waals surface area contributed by atoms with Gasteiger partial charge in [0, 0.05) is 7.05 Å². The normalized spacial score (nSPS) is 11.8.